The zero-order valence-electron chi connectivity index (χ0n) is 8.63. The van der Waals surface area contributed by atoms with Gasteiger partial charge in [0.2, 0.25) is 0 Å². The molecule has 1 aromatic carbocycles. The van der Waals surface area contributed by atoms with Crippen LogP contribution in [0.25, 0.3) is 0 Å². The number of H-pyrrole nitrogens is 1. The molecular formula is C12H12ClFN2. The SMILES string of the molecule is Fc1c(Cl)cccc1CNCc1cc[nH]c1. The highest BCUT2D eigenvalue weighted by Crippen LogP contribution is 2.17. The van der Waals surface area contributed by atoms with E-state index in [9.17, 15) is 4.39 Å². The van der Waals surface area contributed by atoms with E-state index >= 15 is 0 Å². The molecule has 2 nitrogen and oxygen atoms in total. The first-order valence-corrected chi connectivity index (χ1v) is 5.40. The average Bonchev–Trinajstić information content (AvgIpc) is 2.77. The van der Waals surface area contributed by atoms with Crippen LogP contribution < -0.4 is 5.32 Å². The fraction of sp³-hybridized carbons (Fsp3) is 0.167. The fourth-order valence-corrected chi connectivity index (χ4v) is 1.69. The maximum absolute atomic E-state index is 13.5. The molecule has 0 unspecified atom stereocenters. The predicted molar refractivity (Wildman–Crippen MR) is 62.7 cm³/mol. The Morgan fingerprint density at radius 2 is 2.12 bits per heavy atom. The highest BCUT2D eigenvalue weighted by atomic mass is 35.5. The van der Waals surface area contributed by atoms with E-state index < -0.39 is 0 Å². The highest BCUT2D eigenvalue weighted by molar-refractivity contribution is 6.30. The van der Waals surface area contributed by atoms with Gasteiger partial charge >= 0.3 is 0 Å². The molecule has 0 spiro atoms. The van der Waals surface area contributed by atoms with E-state index in [1.165, 1.54) is 0 Å². The van der Waals surface area contributed by atoms with Gasteiger partial charge in [0.05, 0.1) is 5.02 Å². The van der Waals surface area contributed by atoms with Crippen molar-refractivity contribution in [1.29, 1.82) is 0 Å². The summed E-state index contributed by atoms with van der Waals surface area (Å²) in [5, 5.41) is 3.32. The van der Waals surface area contributed by atoms with Gasteiger partial charge in [0.1, 0.15) is 5.82 Å². The first kappa shape index (κ1) is 11.2. The van der Waals surface area contributed by atoms with Gasteiger partial charge < -0.3 is 10.3 Å². The minimum Gasteiger partial charge on any atom is -0.367 e. The molecule has 1 aromatic heterocycles. The van der Waals surface area contributed by atoms with Crippen LogP contribution >= 0.6 is 11.6 Å². The van der Waals surface area contributed by atoms with Gasteiger partial charge in [0.15, 0.2) is 0 Å². The van der Waals surface area contributed by atoms with Crippen LogP contribution in [-0.2, 0) is 13.1 Å². The molecule has 0 amide bonds. The van der Waals surface area contributed by atoms with Crippen molar-refractivity contribution in [2.24, 2.45) is 0 Å². The molecule has 0 saturated heterocycles. The second-order valence-corrected chi connectivity index (χ2v) is 3.94. The standard InChI is InChI=1S/C12H12ClFN2/c13-11-3-1-2-10(12(11)14)8-16-7-9-4-5-15-6-9/h1-6,15-16H,7-8H2. The average molecular weight is 239 g/mol. The van der Waals surface area contributed by atoms with Gasteiger partial charge in [-0.25, -0.2) is 4.39 Å². The molecule has 2 aromatic rings. The van der Waals surface area contributed by atoms with Crippen molar-refractivity contribution in [1.82, 2.24) is 10.3 Å². The number of aromatic nitrogens is 1. The topological polar surface area (TPSA) is 27.8 Å². The molecule has 0 aliphatic carbocycles. The molecule has 0 radical (unpaired) electrons. The number of benzene rings is 1. The van der Waals surface area contributed by atoms with Crippen LogP contribution in [0, 0.1) is 5.82 Å². The maximum Gasteiger partial charge on any atom is 0.146 e. The molecule has 2 N–H and O–H groups in total. The Kier molecular flexibility index (Phi) is 3.59. The molecule has 4 heteroatoms. The molecule has 0 fully saturated rings. The number of aromatic amines is 1. The van der Waals surface area contributed by atoms with Gasteiger partial charge in [-0.05, 0) is 17.7 Å². The van der Waals surface area contributed by atoms with E-state index in [4.69, 9.17) is 11.6 Å². The number of rotatable bonds is 4. The third-order valence-electron chi connectivity index (χ3n) is 2.34. The van der Waals surface area contributed by atoms with Gasteiger partial charge in [-0.1, -0.05) is 23.7 Å². The Bertz CT molecular complexity index is 454. The molecule has 2 rings (SSSR count). The lowest BCUT2D eigenvalue weighted by atomic mass is 10.2. The molecule has 0 atom stereocenters. The molecular weight excluding hydrogens is 227 g/mol. The molecule has 0 aliphatic rings. The normalized spacial score (nSPS) is 10.6. The van der Waals surface area contributed by atoms with Crippen molar-refractivity contribution in [3.8, 4) is 0 Å². The van der Waals surface area contributed by atoms with Crippen LogP contribution in [0.4, 0.5) is 4.39 Å². The van der Waals surface area contributed by atoms with E-state index in [0.29, 0.717) is 18.7 Å². The van der Waals surface area contributed by atoms with Crippen LogP contribution in [0.2, 0.25) is 5.02 Å². The van der Waals surface area contributed by atoms with Crippen LogP contribution in [0.15, 0.2) is 36.7 Å². The van der Waals surface area contributed by atoms with Crippen LogP contribution in [-0.4, -0.2) is 4.98 Å². The van der Waals surface area contributed by atoms with Crippen molar-refractivity contribution in [3.05, 3.63) is 58.6 Å². The first-order valence-electron chi connectivity index (χ1n) is 5.02. The van der Waals surface area contributed by atoms with Gasteiger partial charge in [-0.2, -0.15) is 0 Å². The van der Waals surface area contributed by atoms with Crippen molar-refractivity contribution in [2.75, 3.05) is 0 Å². The summed E-state index contributed by atoms with van der Waals surface area (Å²) in [7, 11) is 0. The highest BCUT2D eigenvalue weighted by Gasteiger charge is 2.05. The summed E-state index contributed by atoms with van der Waals surface area (Å²) in [6, 6.07) is 7.00. The number of halogens is 2. The summed E-state index contributed by atoms with van der Waals surface area (Å²) < 4.78 is 13.5. The third kappa shape index (κ3) is 2.62. The first-order chi connectivity index (χ1) is 7.77. The lowest BCUT2D eigenvalue weighted by Gasteiger charge is -2.05. The Morgan fingerprint density at radius 1 is 1.25 bits per heavy atom. The Morgan fingerprint density at radius 3 is 2.88 bits per heavy atom. The monoisotopic (exact) mass is 238 g/mol. The van der Waals surface area contributed by atoms with E-state index in [1.54, 1.807) is 18.2 Å². The number of hydrogen-bond acceptors (Lipinski definition) is 1. The van der Waals surface area contributed by atoms with Crippen LogP contribution in [0.3, 0.4) is 0 Å². The van der Waals surface area contributed by atoms with E-state index in [-0.39, 0.29) is 10.8 Å². The Hall–Kier alpha value is -1.32. The Balaban J connectivity index is 1.92. The van der Waals surface area contributed by atoms with Crippen molar-refractivity contribution >= 4 is 11.6 Å². The minimum absolute atomic E-state index is 0.168. The van der Waals surface area contributed by atoms with Crippen molar-refractivity contribution in [3.63, 3.8) is 0 Å². The third-order valence-corrected chi connectivity index (χ3v) is 2.63. The predicted octanol–water partition coefficient (Wildman–Crippen LogP) is 3.10. The largest absolute Gasteiger partial charge is 0.367 e. The molecule has 0 bridgehead atoms. The number of hydrogen-bond donors (Lipinski definition) is 2. The Labute approximate surface area is 98.4 Å². The zero-order chi connectivity index (χ0) is 11.4. The van der Waals surface area contributed by atoms with Gasteiger partial charge in [0.25, 0.3) is 0 Å². The lowest BCUT2D eigenvalue weighted by molar-refractivity contribution is 0.588. The molecule has 16 heavy (non-hydrogen) atoms. The van der Waals surface area contributed by atoms with Gasteiger partial charge in [-0.15, -0.1) is 0 Å². The second-order valence-electron chi connectivity index (χ2n) is 3.54. The zero-order valence-corrected chi connectivity index (χ0v) is 9.39. The van der Waals surface area contributed by atoms with E-state index in [0.717, 1.165) is 5.56 Å². The fourth-order valence-electron chi connectivity index (χ4n) is 1.49. The van der Waals surface area contributed by atoms with E-state index in [1.807, 2.05) is 18.5 Å². The molecule has 1 heterocycles. The van der Waals surface area contributed by atoms with Crippen molar-refractivity contribution < 1.29 is 4.39 Å². The minimum atomic E-state index is -0.342. The molecule has 0 aliphatic heterocycles. The summed E-state index contributed by atoms with van der Waals surface area (Å²) >= 11 is 5.68. The number of nitrogens with one attached hydrogen (secondary N) is 2. The summed E-state index contributed by atoms with van der Waals surface area (Å²) in [5.41, 5.74) is 1.73. The van der Waals surface area contributed by atoms with Gasteiger partial charge in [-0.3, -0.25) is 0 Å². The smallest absolute Gasteiger partial charge is 0.146 e. The lowest BCUT2D eigenvalue weighted by Crippen LogP contribution is -2.13. The molecule has 84 valence electrons. The van der Waals surface area contributed by atoms with Crippen molar-refractivity contribution in [2.45, 2.75) is 13.1 Å². The quantitative estimate of drug-likeness (QED) is 0.842. The summed E-state index contributed by atoms with van der Waals surface area (Å²) in [4.78, 5) is 2.96. The van der Waals surface area contributed by atoms with E-state index in [2.05, 4.69) is 10.3 Å². The summed E-state index contributed by atoms with van der Waals surface area (Å²) in [6.07, 6.45) is 3.76. The molecule has 0 saturated carbocycles. The second kappa shape index (κ2) is 5.14. The summed E-state index contributed by atoms with van der Waals surface area (Å²) in [6.45, 7) is 1.17. The summed E-state index contributed by atoms with van der Waals surface area (Å²) in [5.74, 6) is -0.342. The van der Waals surface area contributed by atoms with Gasteiger partial charge in [0, 0.05) is 31.0 Å². The van der Waals surface area contributed by atoms with Crippen LogP contribution in [0.5, 0.6) is 0 Å². The maximum atomic E-state index is 13.5. The van der Waals surface area contributed by atoms with Crippen LogP contribution in [0.1, 0.15) is 11.1 Å².